The first-order chi connectivity index (χ1) is 13.1. The van der Waals surface area contributed by atoms with Crippen LogP contribution >= 0.6 is 23.4 Å². The lowest BCUT2D eigenvalue weighted by Gasteiger charge is -2.14. The van der Waals surface area contributed by atoms with Crippen molar-refractivity contribution in [2.24, 2.45) is 0 Å². The van der Waals surface area contributed by atoms with E-state index >= 15 is 0 Å². The minimum absolute atomic E-state index is 0.0877. The van der Waals surface area contributed by atoms with Crippen molar-refractivity contribution in [3.63, 3.8) is 0 Å². The standard InChI is InChI=1S/C20H19ClO5S2/c1-13(22)27-12-11-18(20(23)24)19(14-3-7-16(21)8-4-14)15-5-9-17(10-6-15)28(2,25)26/h3-10H,11-12H2,1-2H3,(H,23,24). The molecule has 2 aromatic carbocycles. The summed E-state index contributed by atoms with van der Waals surface area (Å²) in [7, 11) is -3.37. The number of hydrogen-bond acceptors (Lipinski definition) is 5. The van der Waals surface area contributed by atoms with Gasteiger partial charge in [-0.3, -0.25) is 4.79 Å². The van der Waals surface area contributed by atoms with Crippen molar-refractivity contribution in [2.45, 2.75) is 18.2 Å². The summed E-state index contributed by atoms with van der Waals surface area (Å²) in [6.45, 7) is 1.43. The predicted molar refractivity (Wildman–Crippen MR) is 112 cm³/mol. The summed E-state index contributed by atoms with van der Waals surface area (Å²) in [6, 6.07) is 12.8. The summed E-state index contributed by atoms with van der Waals surface area (Å²) in [5, 5.41) is 10.2. The number of carboxylic acids is 1. The van der Waals surface area contributed by atoms with Crippen LogP contribution in [0.15, 0.2) is 59.0 Å². The molecule has 0 aliphatic rings. The number of carbonyl (C=O) groups excluding carboxylic acids is 1. The molecule has 0 aliphatic heterocycles. The Balaban J connectivity index is 2.62. The lowest BCUT2D eigenvalue weighted by atomic mass is 9.92. The molecule has 2 aromatic rings. The van der Waals surface area contributed by atoms with Crippen molar-refractivity contribution >= 4 is 49.9 Å². The van der Waals surface area contributed by atoms with Crippen LogP contribution in [-0.4, -0.2) is 36.6 Å². The molecule has 5 nitrogen and oxygen atoms in total. The van der Waals surface area contributed by atoms with E-state index in [1.807, 2.05) is 0 Å². The third-order valence-electron chi connectivity index (χ3n) is 3.92. The maximum Gasteiger partial charge on any atom is 0.332 e. The van der Waals surface area contributed by atoms with Gasteiger partial charge in [0.25, 0.3) is 0 Å². The molecule has 0 amide bonds. The van der Waals surface area contributed by atoms with Gasteiger partial charge in [-0.2, -0.15) is 0 Å². The molecule has 8 heteroatoms. The van der Waals surface area contributed by atoms with E-state index in [-0.39, 0.29) is 22.0 Å². The minimum Gasteiger partial charge on any atom is -0.478 e. The van der Waals surface area contributed by atoms with Crippen molar-refractivity contribution in [1.29, 1.82) is 0 Å². The fraction of sp³-hybridized carbons (Fsp3) is 0.200. The van der Waals surface area contributed by atoms with Crippen LogP contribution in [0, 0.1) is 0 Å². The first kappa shape index (κ1) is 22.2. The highest BCUT2D eigenvalue weighted by molar-refractivity contribution is 8.13. The molecule has 0 saturated carbocycles. The molecule has 0 aliphatic carbocycles. The molecule has 0 aromatic heterocycles. The molecular weight excluding hydrogens is 420 g/mol. The zero-order chi connectivity index (χ0) is 20.9. The van der Waals surface area contributed by atoms with Crippen LogP contribution in [0.25, 0.3) is 5.57 Å². The zero-order valence-corrected chi connectivity index (χ0v) is 17.7. The molecule has 0 bridgehead atoms. The Morgan fingerprint density at radius 2 is 1.50 bits per heavy atom. The van der Waals surface area contributed by atoms with Crippen LogP contribution in [0.4, 0.5) is 0 Å². The average Bonchev–Trinajstić information content (AvgIpc) is 2.61. The van der Waals surface area contributed by atoms with E-state index in [1.54, 1.807) is 36.4 Å². The molecule has 1 N–H and O–H groups in total. The Morgan fingerprint density at radius 3 is 1.93 bits per heavy atom. The van der Waals surface area contributed by atoms with Gasteiger partial charge in [0.05, 0.1) is 4.90 Å². The van der Waals surface area contributed by atoms with Gasteiger partial charge < -0.3 is 5.11 Å². The molecule has 148 valence electrons. The van der Waals surface area contributed by atoms with Crippen molar-refractivity contribution in [3.8, 4) is 0 Å². The summed E-state index contributed by atoms with van der Waals surface area (Å²) in [6.07, 6.45) is 1.28. The zero-order valence-electron chi connectivity index (χ0n) is 15.3. The highest BCUT2D eigenvalue weighted by Gasteiger charge is 2.19. The molecule has 0 fully saturated rings. The topological polar surface area (TPSA) is 88.5 Å². The number of rotatable bonds is 7. The Bertz CT molecular complexity index is 1010. The lowest BCUT2D eigenvalue weighted by molar-refractivity contribution is -0.132. The lowest BCUT2D eigenvalue weighted by Crippen LogP contribution is -2.08. The molecular formula is C20H19ClO5S2. The molecule has 0 saturated heterocycles. The van der Waals surface area contributed by atoms with Gasteiger partial charge in [-0.1, -0.05) is 47.6 Å². The smallest absolute Gasteiger partial charge is 0.332 e. The number of thioether (sulfide) groups is 1. The first-order valence-electron chi connectivity index (χ1n) is 8.26. The number of sulfone groups is 1. The summed E-state index contributed by atoms with van der Waals surface area (Å²) in [4.78, 5) is 23.3. The van der Waals surface area contributed by atoms with Crippen molar-refractivity contribution in [3.05, 3.63) is 70.3 Å². The highest BCUT2D eigenvalue weighted by Crippen LogP contribution is 2.31. The highest BCUT2D eigenvalue weighted by atomic mass is 35.5. The van der Waals surface area contributed by atoms with E-state index in [0.717, 1.165) is 18.0 Å². The summed E-state index contributed by atoms with van der Waals surface area (Å²) < 4.78 is 23.4. The third kappa shape index (κ3) is 5.95. The van der Waals surface area contributed by atoms with Gasteiger partial charge in [-0.05, 0) is 47.4 Å². The maximum absolute atomic E-state index is 12.0. The monoisotopic (exact) mass is 438 g/mol. The van der Waals surface area contributed by atoms with Gasteiger partial charge >= 0.3 is 5.97 Å². The van der Waals surface area contributed by atoms with E-state index in [1.165, 1.54) is 19.1 Å². The fourth-order valence-corrected chi connectivity index (χ4v) is 3.99. The van der Waals surface area contributed by atoms with E-state index < -0.39 is 15.8 Å². The molecule has 0 atom stereocenters. The number of carbonyl (C=O) groups is 2. The van der Waals surface area contributed by atoms with Crippen molar-refractivity contribution in [2.75, 3.05) is 12.0 Å². The predicted octanol–water partition coefficient (Wildman–Crippen LogP) is 4.30. The Labute approximate surface area is 173 Å². The fourth-order valence-electron chi connectivity index (χ4n) is 2.64. The number of carboxylic acid groups (broad SMARTS) is 1. The Hall–Kier alpha value is -2.09. The van der Waals surface area contributed by atoms with Gasteiger partial charge in [0, 0.05) is 29.5 Å². The van der Waals surface area contributed by atoms with Crippen LogP contribution in [0.5, 0.6) is 0 Å². The van der Waals surface area contributed by atoms with Gasteiger partial charge in [-0.25, -0.2) is 13.2 Å². The first-order valence-corrected chi connectivity index (χ1v) is 11.5. The molecule has 0 radical (unpaired) electrons. The summed E-state index contributed by atoms with van der Waals surface area (Å²) >= 11 is 7.01. The van der Waals surface area contributed by atoms with Crippen LogP contribution in [0.1, 0.15) is 24.5 Å². The molecule has 0 unspecified atom stereocenters. The summed E-state index contributed by atoms with van der Waals surface area (Å²) in [5.41, 5.74) is 1.82. The maximum atomic E-state index is 12.0. The Kier molecular flexibility index (Phi) is 7.46. The quantitative estimate of drug-likeness (QED) is 0.648. The van der Waals surface area contributed by atoms with Gasteiger partial charge in [0.15, 0.2) is 15.0 Å². The molecule has 0 heterocycles. The number of aliphatic carboxylic acids is 1. The van der Waals surface area contributed by atoms with Gasteiger partial charge in [-0.15, -0.1) is 0 Å². The van der Waals surface area contributed by atoms with Gasteiger partial charge in [0.1, 0.15) is 0 Å². The number of benzene rings is 2. The molecule has 28 heavy (non-hydrogen) atoms. The number of halogens is 1. The SMILES string of the molecule is CC(=O)SCCC(C(=O)O)=C(c1ccc(Cl)cc1)c1ccc(S(C)(=O)=O)cc1. The van der Waals surface area contributed by atoms with Crippen LogP contribution in [0.2, 0.25) is 5.02 Å². The van der Waals surface area contributed by atoms with Gasteiger partial charge in [0.2, 0.25) is 0 Å². The molecule has 0 spiro atoms. The van der Waals surface area contributed by atoms with Crippen molar-refractivity contribution < 1.29 is 23.1 Å². The van der Waals surface area contributed by atoms with E-state index in [9.17, 15) is 23.1 Å². The normalized spacial score (nSPS) is 12.4. The van der Waals surface area contributed by atoms with Crippen molar-refractivity contribution in [1.82, 2.24) is 0 Å². The van der Waals surface area contributed by atoms with Crippen LogP contribution < -0.4 is 0 Å². The van der Waals surface area contributed by atoms with E-state index in [2.05, 4.69) is 0 Å². The molecule has 2 rings (SSSR count). The minimum atomic E-state index is -3.37. The summed E-state index contributed by atoms with van der Waals surface area (Å²) in [5.74, 6) is -0.767. The second-order valence-corrected chi connectivity index (χ2v) is 9.78. The van der Waals surface area contributed by atoms with E-state index in [4.69, 9.17) is 11.6 Å². The second kappa shape index (κ2) is 9.41. The number of hydrogen-bond donors (Lipinski definition) is 1. The third-order valence-corrected chi connectivity index (χ3v) is 6.12. The largest absolute Gasteiger partial charge is 0.478 e. The van der Waals surface area contributed by atoms with E-state index in [0.29, 0.717) is 27.5 Å². The van der Waals surface area contributed by atoms with Crippen LogP contribution in [-0.2, 0) is 19.4 Å². The average molecular weight is 439 g/mol. The second-order valence-electron chi connectivity index (χ2n) is 6.05. The Morgan fingerprint density at radius 1 is 1.00 bits per heavy atom. The van der Waals surface area contributed by atoms with Crippen LogP contribution in [0.3, 0.4) is 0 Å².